The standard InChI is InChI=1S/C16H24ClNO/c1-11(2)4-5-15(18-3)10-13-9-14(17)8-12-6-7-19-16(12)13/h8-9,11,15,18H,4-7,10H2,1-3H3. The molecule has 1 aliphatic heterocycles. The summed E-state index contributed by atoms with van der Waals surface area (Å²) >= 11 is 6.21. The molecule has 106 valence electrons. The molecule has 0 spiro atoms. The van der Waals surface area contributed by atoms with Gasteiger partial charge in [-0.3, -0.25) is 0 Å². The third kappa shape index (κ3) is 3.87. The largest absolute Gasteiger partial charge is 0.493 e. The smallest absolute Gasteiger partial charge is 0.125 e. The number of hydrogen-bond acceptors (Lipinski definition) is 2. The van der Waals surface area contributed by atoms with Gasteiger partial charge in [0.05, 0.1) is 6.61 Å². The van der Waals surface area contributed by atoms with Crippen LogP contribution < -0.4 is 10.1 Å². The van der Waals surface area contributed by atoms with Crippen molar-refractivity contribution in [3.05, 3.63) is 28.3 Å². The maximum atomic E-state index is 6.21. The van der Waals surface area contributed by atoms with Crippen LogP contribution in [0.5, 0.6) is 5.75 Å². The molecular formula is C16H24ClNO. The highest BCUT2D eigenvalue weighted by molar-refractivity contribution is 6.30. The van der Waals surface area contributed by atoms with Crippen LogP contribution in [0.15, 0.2) is 12.1 Å². The summed E-state index contributed by atoms with van der Waals surface area (Å²) in [5.41, 5.74) is 2.52. The summed E-state index contributed by atoms with van der Waals surface area (Å²) in [5.74, 6) is 1.83. The summed E-state index contributed by atoms with van der Waals surface area (Å²) in [6.07, 6.45) is 4.41. The highest BCUT2D eigenvalue weighted by Crippen LogP contribution is 2.33. The lowest BCUT2D eigenvalue weighted by Crippen LogP contribution is -2.28. The van der Waals surface area contributed by atoms with E-state index in [0.29, 0.717) is 6.04 Å². The fraction of sp³-hybridized carbons (Fsp3) is 0.625. The zero-order chi connectivity index (χ0) is 13.8. The van der Waals surface area contributed by atoms with Crippen molar-refractivity contribution in [2.24, 2.45) is 5.92 Å². The number of rotatable bonds is 6. The molecule has 0 saturated carbocycles. The Bertz CT molecular complexity index is 431. The number of nitrogens with one attached hydrogen (secondary N) is 1. The van der Waals surface area contributed by atoms with E-state index in [1.807, 2.05) is 13.1 Å². The van der Waals surface area contributed by atoms with E-state index >= 15 is 0 Å². The van der Waals surface area contributed by atoms with Crippen LogP contribution in [0.4, 0.5) is 0 Å². The average Bonchev–Trinajstić information content (AvgIpc) is 2.81. The van der Waals surface area contributed by atoms with Crippen molar-refractivity contribution in [1.82, 2.24) is 5.32 Å². The Morgan fingerprint density at radius 3 is 2.79 bits per heavy atom. The summed E-state index contributed by atoms with van der Waals surface area (Å²) in [5, 5.41) is 4.25. The second-order valence-corrected chi connectivity index (χ2v) is 6.25. The zero-order valence-corrected chi connectivity index (χ0v) is 12.9. The van der Waals surface area contributed by atoms with Crippen LogP contribution in [0.25, 0.3) is 0 Å². The number of fused-ring (bicyclic) bond motifs is 1. The normalized spacial score (nSPS) is 15.4. The van der Waals surface area contributed by atoms with Crippen LogP contribution in [0.2, 0.25) is 5.02 Å². The molecule has 0 fully saturated rings. The Morgan fingerprint density at radius 2 is 2.11 bits per heavy atom. The first kappa shape index (κ1) is 14.7. The molecule has 0 radical (unpaired) electrons. The highest BCUT2D eigenvalue weighted by atomic mass is 35.5. The molecule has 0 aliphatic carbocycles. The highest BCUT2D eigenvalue weighted by Gasteiger charge is 2.19. The van der Waals surface area contributed by atoms with Crippen molar-refractivity contribution in [2.75, 3.05) is 13.7 Å². The van der Waals surface area contributed by atoms with Gasteiger partial charge in [-0.25, -0.2) is 0 Å². The van der Waals surface area contributed by atoms with Gasteiger partial charge in [-0.05, 0) is 55.5 Å². The maximum absolute atomic E-state index is 6.21. The Labute approximate surface area is 121 Å². The van der Waals surface area contributed by atoms with Crippen molar-refractivity contribution in [3.63, 3.8) is 0 Å². The van der Waals surface area contributed by atoms with Crippen LogP contribution in [0.3, 0.4) is 0 Å². The summed E-state index contributed by atoms with van der Waals surface area (Å²) in [7, 11) is 2.04. The molecule has 2 nitrogen and oxygen atoms in total. The number of benzene rings is 1. The zero-order valence-electron chi connectivity index (χ0n) is 12.1. The molecule has 0 amide bonds. The number of halogens is 1. The molecule has 1 atom stereocenters. The van der Waals surface area contributed by atoms with Gasteiger partial charge in [-0.1, -0.05) is 25.4 Å². The molecule has 1 aromatic rings. The first-order valence-electron chi connectivity index (χ1n) is 7.21. The van der Waals surface area contributed by atoms with E-state index < -0.39 is 0 Å². The van der Waals surface area contributed by atoms with Crippen LogP contribution in [-0.4, -0.2) is 19.7 Å². The van der Waals surface area contributed by atoms with Crippen molar-refractivity contribution in [2.45, 2.75) is 45.6 Å². The molecule has 2 rings (SSSR count). The minimum atomic E-state index is 0.495. The first-order valence-corrected chi connectivity index (χ1v) is 7.59. The minimum Gasteiger partial charge on any atom is -0.493 e. The number of likely N-dealkylation sites (N-methyl/N-ethyl adjacent to an activating group) is 1. The van der Waals surface area contributed by atoms with E-state index in [-0.39, 0.29) is 0 Å². The Kier molecular flexibility index (Phi) is 5.12. The van der Waals surface area contributed by atoms with E-state index in [1.54, 1.807) is 0 Å². The molecule has 1 unspecified atom stereocenters. The molecule has 1 N–H and O–H groups in total. The van der Waals surface area contributed by atoms with Gasteiger partial charge in [0.25, 0.3) is 0 Å². The predicted octanol–water partition coefficient (Wildman–Crippen LogP) is 3.84. The molecule has 19 heavy (non-hydrogen) atoms. The fourth-order valence-corrected chi connectivity index (χ4v) is 2.91. The van der Waals surface area contributed by atoms with Gasteiger partial charge in [0.2, 0.25) is 0 Å². The lowest BCUT2D eigenvalue weighted by atomic mass is 9.96. The third-order valence-electron chi connectivity index (χ3n) is 3.79. The summed E-state index contributed by atoms with van der Waals surface area (Å²) in [6.45, 7) is 5.33. The van der Waals surface area contributed by atoms with Gasteiger partial charge >= 0.3 is 0 Å². The van der Waals surface area contributed by atoms with Gasteiger partial charge in [0, 0.05) is 17.5 Å². The molecule has 1 aliphatic rings. The van der Waals surface area contributed by atoms with E-state index in [4.69, 9.17) is 16.3 Å². The van der Waals surface area contributed by atoms with Gasteiger partial charge in [-0.2, -0.15) is 0 Å². The Morgan fingerprint density at radius 1 is 1.32 bits per heavy atom. The molecule has 0 bridgehead atoms. The van der Waals surface area contributed by atoms with E-state index in [9.17, 15) is 0 Å². The summed E-state index contributed by atoms with van der Waals surface area (Å²) in [6, 6.07) is 4.59. The van der Waals surface area contributed by atoms with Gasteiger partial charge in [-0.15, -0.1) is 0 Å². The maximum Gasteiger partial charge on any atom is 0.125 e. The fourth-order valence-electron chi connectivity index (χ4n) is 2.65. The molecule has 0 aromatic heterocycles. The van der Waals surface area contributed by atoms with Crippen molar-refractivity contribution >= 4 is 11.6 Å². The van der Waals surface area contributed by atoms with Crippen LogP contribution in [-0.2, 0) is 12.8 Å². The predicted molar refractivity (Wildman–Crippen MR) is 81.3 cm³/mol. The molecule has 1 aromatic carbocycles. The SMILES string of the molecule is CNC(CCC(C)C)Cc1cc(Cl)cc2c1OCC2. The van der Waals surface area contributed by atoms with Crippen LogP contribution >= 0.6 is 11.6 Å². The third-order valence-corrected chi connectivity index (χ3v) is 4.01. The average molecular weight is 282 g/mol. The second kappa shape index (κ2) is 6.62. The summed E-state index contributed by atoms with van der Waals surface area (Å²) < 4.78 is 5.77. The minimum absolute atomic E-state index is 0.495. The Balaban J connectivity index is 2.09. The molecule has 3 heteroatoms. The molecule has 1 heterocycles. The van der Waals surface area contributed by atoms with Gasteiger partial charge in [0.15, 0.2) is 0 Å². The number of ether oxygens (including phenoxy) is 1. The van der Waals surface area contributed by atoms with Crippen molar-refractivity contribution in [3.8, 4) is 5.75 Å². The van der Waals surface area contributed by atoms with Gasteiger partial charge in [0.1, 0.15) is 5.75 Å². The first-order chi connectivity index (χ1) is 9.10. The Hall–Kier alpha value is -0.730. The van der Waals surface area contributed by atoms with Gasteiger partial charge < -0.3 is 10.1 Å². The molecule has 0 saturated heterocycles. The lowest BCUT2D eigenvalue weighted by molar-refractivity contribution is 0.350. The van der Waals surface area contributed by atoms with Crippen molar-refractivity contribution in [1.29, 1.82) is 0 Å². The van der Waals surface area contributed by atoms with E-state index in [2.05, 4.69) is 25.2 Å². The monoisotopic (exact) mass is 281 g/mol. The van der Waals surface area contributed by atoms with E-state index in [1.165, 1.54) is 24.0 Å². The lowest BCUT2D eigenvalue weighted by Gasteiger charge is -2.19. The van der Waals surface area contributed by atoms with E-state index in [0.717, 1.165) is 36.1 Å². The second-order valence-electron chi connectivity index (χ2n) is 5.81. The molecular weight excluding hydrogens is 258 g/mol. The topological polar surface area (TPSA) is 21.3 Å². The van der Waals surface area contributed by atoms with Crippen LogP contribution in [0.1, 0.15) is 37.8 Å². The quantitative estimate of drug-likeness (QED) is 0.855. The van der Waals surface area contributed by atoms with Crippen LogP contribution in [0, 0.1) is 5.92 Å². The van der Waals surface area contributed by atoms with Crippen molar-refractivity contribution < 1.29 is 4.74 Å². The summed E-state index contributed by atoms with van der Waals surface area (Å²) in [4.78, 5) is 0. The number of hydrogen-bond donors (Lipinski definition) is 1.